The molecule has 0 saturated heterocycles. The summed E-state index contributed by atoms with van der Waals surface area (Å²) < 4.78 is 28.2. The van der Waals surface area contributed by atoms with Gasteiger partial charge in [0, 0.05) is 0 Å². The molecule has 0 aromatic rings. The van der Waals surface area contributed by atoms with Gasteiger partial charge in [-0.2, -0.15) is 8.42 Å². The van der Waals surface area contributed by atoms with Crippen LogP contribution in [0.1, 0.15) is 6.92 Å². The molecule has 8 heavy (non-hydrogen) atoms. The lowest BCUT2D eigenvalue weighted by Crippen LogP contribution is -2.41. The summed E-state index contributed by atoms with van der Waals surface area (Å²) >= 11 is 0. The van der Waals surface area contributed by atoms with Crippen molar-refractivity contribution in [1.29, 1.82) is 0 Å². The van der Waals surface area contributed by atoms with Crippen LogP contribution in [-0.2, 0) is 10.1 Å². The molecule has 1 unspecified atom stereocenters. The normalized spacial score (nSPS) is 14.0. The zero-order valence-electron chi connectivity index (χ0n) is 4.46. The Labute approximate surface area is 48.4 Å². The third kappa shape index (κ3) is 1.77. The summed E-state index contributed by atoms with van der Waals surface area (Å²) in [5.41, 5.74) is 4.86. The van der Waals surface area contributed by atoms with Gasteiger partial charge in [0.1, 0.15) is 4.87 Å². The van der Waals surface area contributed by atoms with E-state index < -0.39 is 15.0 Å². The van der Waals surface area contributed by atoms with E-state index in [0.29, 0.717) is 0 Å². The van der Waals surface area contributed by atoms with Gasteiger partial charge in [0.05, 0.1) is 0 Å². The van der Waals surface area contributed by atoms with Gasteiger partial charge in [0.15, 0.2) is 0 Å². The molecule has 0 aliphatic heterocycles. The lowest BCUT2D eigenvalue weighted by atomic mass is 10.4. The molecule has 0 aliphatic carbocycles. The minimum Gasteiger partial charge on any atom is -0.311 e. The van der Waals surface area contributed by atoms with Crippen molar-refractivity contribution in [3.05, 3.63) is 6.92 Å². The summed E-state index contributed by atoms with van der Waals surface area (Å²) in [5.74, 6) is 0. The van der Waals surface area contributed by atoms with Gasteiger partial charge >= 0.3 is 0 Å². The van der Waals surface area contributed by atoms with Crippen LogP contribution in [0.15, 0.2) is 0 Å². The SMILES string of the molecule is [CH2]C(C)(N)S(=O)(=O)O. The summed E-state index contributed by atoms with van der Waals surface area (Å²) in [5, 5.41) is 0. The van der Waals surface area contributed by atoms with Crippen LogP contribution < -0.4 is 5.73 Å². The van der Waals surface area contributed by atoms with Crippen LogP contribution in [0, 0.1) is 6.92 Å². The first-order chi connectivity index (χ1) is 3.25. The standard InChI is InChI=1S/C3H8NO3S/c1-3(2,4)8(5,6)7/h1,4H2,2H3,(H,5,6,7). The topological polar surface area (TPSA) is 80.4 Å². The van der Waals surface area contributed by atoms with Gasteiger partial charge in [-0.25, -0.2) is 0 Å². The number of hydrogen-bond acceptors (Lipinski definition) is 3. The third-order valence-electron chi connectivity index (χ3n) is 0.589. The first-order valence-corrected chi connectivity index (χ1v) is 3.30. The van der Waals surface area contributed by atoms with Crippen molar-refractivity contribution in [2.24, 2.45) is 5.73 Å². The predicted molar refractivity (Wildman–Crippen MR) is 29.5 cm³/mol. The van der Waals surface area contributed by atoms with E-state index >= 15 is 0 Å². The van der Waals surface area contributed by atoms with E-state index in [-0.39, 0.29) is 0 Å². The van der Waals surface area contributed by atoms with Crippen molar-refractivity contribution in [3.8, 4) is 0 Å². The first kappa shape index (κ1) is 7.87. The Balaban J connectivity index is 4.53. The second kappa shape index (κ2) is 1.68. The molecule has 49 valence electrons. The molecule has 5 heteroatoms. The fourth-order valence-corrected chi connectivity index (χ4v) is 0. The number of nitrogens with two attached hydrogens (primary N) is 1. The van der Waals surface area contributed by atoms with Crippen molar-refractivity contribution < 1.29 is 13.0 Å². The van der Waals surface area contributed by atoms with Crippen LogP contribution in [0.4, 0.5) is 0 Å². The fraction of sp³-hybridized carbons (Fsp3) is 0.667. The Bertz CT molecular complexity index is 163. The molecule has 0 heterocycles. The Hall–Kier alpha value is -0.130. The van der Waals surface area contributed by atoms with Gasteiger partial charge in [0.25, 0.3) is 10.1 Å². The van der Waals surface area contributed by atoms with Crippen molar-refractivity contribution >= 4 is 10.1 Å². The summed E-state index contributed by atoms with van der Waals surface area (Å²) in [6.07, 6.45) is 0. The molecule has 0 bridgehead atoms. The van der Waals surface area contributed by atoms with E-state index in [1.54, 1.807) is 0 Å². The van der Waals surface area contributed by atoms with Crippen LogP contribution >= 0.6 is 0 Å². The van der Waals surface area contributed by atoms with E-state index in [1.165, 1.54) is 0 Å². The molecule has 0 spiro atoms. The zero-order valence-corrected chi connectivity index (χ0v) is 5.27. The minimum atomic E-state index is -4.17. The first-order valence-electron chi connectivity index (χ1n) is 1.86. The van der Waals surface area contributed by atoms with Crippen molar-refractivity contribution in [2.45, 2.75) is 11.8 Å². The molecule has 0 saturated carbocycles. The molecular formula is C3H8NO3S. The van der Waals surface area contributed by atoms with Crippen LogP contribution in [0.3, 0.4) is 0 Å². The number of hydrogen-bond donors (Lipinski definition) is 2. The maximum absolute atomic E-state index is 10.0. The fourth-order valence-electron chi connectivity index (χ4n) is 0. The molecule has 0 aromatic heterocycles. The molecule has 0 rings (SSSR count). The number of rotatable bonds is 1. The van der Waals surface area contributed by atoms with E-state index in [9.17, 15) is 8.42 Å². The van der Waals surface area contributed by atoms with Crippen LogP contribution in [0.25, 0.3) is 0 Å². The lowest BCUT2D eigenvalue weighted by molar-refractivity contribution is 0.454. The molecule has 4 nitrogen and oxygen atoms in total. The summed E-state index contributed by atoms with van der Waals surface area (Å²) in [6, 6.07) is 0. The Morgan fingerprint density at radius 2 is 1.88 bits per heavy atom. The maximum atomic E-state index is 10.0. The quantitative estimate of drug-likeness (QED) is 0.473. The van der Waals surface area contributed by atoms with Crippen molar-refractivity contribution in [1.82, 2.24) is 0 Å². The van der Waals surface area contributed by atoms with Crippen molar-refractivity contribution in [3.63, 3.8) is 0 Å². The molecular weight excluding hydrogens is 130 g/mol. The van der Waals surface area contributed by atoms with Gasteiger partial charge in [-0.1, -0.05) is 0 Å². The van der Waals surface area contributed by atoms with E-state index in [0.717, 1.165) is 6.92 Å². The monoisotopic (exact) mass is 138 g/mol. The van der Waals surface area contributed by atoms with Crippen LogP contribution in [0.5, 0.6) is 0 Å². The van der Waals surface area contributed by atoms with Crippen LogP contribution in [-0.4, -0.2) is 17.8 Å². The Morgan fingerprint density at radius 3 is 1.88 bits per heavy atom. The van der Waals surface area contributed by atoms with Crippen LogP contribution in [0.2, 0.25) is 0 Å². The molecule has 3 N–H and O–H groups in total. The molecule has 0 fully saturated rings. The average molecular weight is 138 g/mol. The van der Waals surface area contributed by atoms with E-state index in [1.807, 2.05) is 0 Å². The Morgan fingerprint density at radius 1 is 1.75 bits per heavy atom. The highest BCUT2D eigenvalue weighted by atomic mass is 32.2. The van der Waals surface area contributed by atoms with Gasteiger partial charge in [-0.3, -0.25) is 4.55 Å². The zero-order chi connectivity index (χ0) is 7.00. The molecule has 0 aliphatic rings. The van der Waals surface area contributed by atoms with Crippen molar-refractivity contribution in [2.75, 3.05) is 0 Å². The van der Waals surface area contributed by atoms with Gasteiger partial charge in [0.2, 0.25) is 0 Å². The Kier molecular flexibility index (Phi) is 1.65. The highest BCUT2D eigenvalue weighted by Crippen LogP contribution is 2.03. The summed E-state index contributed by atoms with van der Waals surface area (Å²) in [6.45, 7) is 4.08. The molecule has 0 aromatic carbocycles. The van der Waals surface area contributed by atoms with Gasteiger partial charge in [-0.05, 0) is 13.8 Å². The second-order valence-electron chi connectivity index (χ2n) is 1.79. The highest BCUT2D eigenvalue weighted by molar-refractivity contribution is 7.87. The molecule has 0 amide bonds. The second-order valence-corrected chi connectivity index (χ2v) is 3.67. The highest BCUT2D eigenvalue weighted by Gasteiger charge is 2.26. The lowest BCUT2D eigenvalue weighted by Gasteiger charge is -2.12. The predicted octanol–water partition coefficient (Wildman–Crippen LogP) is -0.617. The maximum Gasteiger partial charge on any atom is 0.283 e. The largest absolute Gasteiger partial charge is 0.311 e. The third-order valence-corrected chi connectivity index (χ3v) is 1.77. The summed E-state index contributed by atoms with van der Waals surface area (Å²) in [7, 11) is -4.17. The van der Waals surface area contributed by atoms with Gasteiger partial charge in [-0.15, -0.1) is 0 Å². The van der Waals surface area contributed by atoms with E-state index in [2.05, 4.69) is 6.92 Å². The van der Waals surface area contributed by atoms with Gasteiger partial charge < -0.3 is 5.73 Å². The minimum absolute atomic E-state index is 1.10. The molecule has 1 atom stereocenters. The van der Waals surface area contributed by atoms with E-state index in [4.69, 9.17) is 10.3 Å². The smallest absolute Gasteiger partial charge is 0.283 e. The molecule has 1 radical (unpaired) electrons. The summed E-state index contributed by atoms with van der Waals surface area (Å²) in [4.78, 5) is -1.78. The average Bonchev–Trinajstić information content (AvgIpc) is 1.25.